The maximum atomic E-state index is 3.73. The van der Waals surface area contributed by atoms with Crippen LogP contribution in [0.3, 0.4) is 0 Å². The van der Waals surface area contributed by atoms with Crippen molar-refractivity contribution in [3.8, 4) is 0 Å². The molecule has 1 atom stereocenters. The van der Waals surface area contributed by atoms with Crippen LogP contribution in [0.5, 0.6) is 0 Å². The molecular weight excluding hydrogens is 242 g/mol. The topological polar surface area (TPSA) is 12.0 Å². The summed E-state index contributed by atoms with van der Waals surface area (Å²) in [5.74, 6) is 0.887. The summed E-state index contributed by atoms with van der Waals surface area (Å²) in [6.45, 7) is 10.2. The second-order valence-corrected chi connectivity index (χ2v) is 7.51. The summed E-state index contributed by atoms with van der Waals surface area (Å²) in [5, 5.41) is 3.73. The van der Waals surface area contributed by atoms with Gasteiger partial charge in [-0.15, -0.1) is 0 Å². The summed E-state index contributed by atoms with van der Waals surface area (Å²) in [4.78, 5) is 0. The molecule has 20 heavy (non-hydrogen) atoms. The number of nitrogens with one attached hydrogen (secondary N) is 1. The van der Waals surface area contributed by atoms with Gasteiger partial charge in [0.15, 0.2) is 0 Å². The summed E-state index contributed by atoms with van der Waals surface area (Å²) in [7, 11) is 0. The van der Waals surface area contributed by atoms with Crippen molar-refractivity contribution < 1.29 is 0 Å². The Kier molecular flexibility index (Phi) is 5.26. The SMILES string of the molecule is C[C@H](NCc1ccc(C(C)(C)C)cc1)C1CCCCC1. The third-order valence-electron chi connectivity index (χ3n) is 4.81. The van der Waals surface area contributed by atoms with Gasteiger partial charge in [0.25, 0.3) is 0 Å². The van der Waals surface area contributed by atoms with Gasteiger partial charge in [-0.3, -0.25) is 0 Å². The predicted molar refractivity (Wildman–Crippen MR) is 88.0 cm³/mol. The molecule has 0 heterocycles. The van der Waals surface area contributed by atoms with Gasteiger partial charge in [-0.2, -0.15) is 0 Å². The molecule has 1 aromatic rings. The average Bonchev–Trinajstić information content (AvgIpc) is 2.45. The highest BCUT2D eigenvalue weighted by Gasteiger charge is 2.19. The molecule has 1 aromatic carbocycles. The van der Waals surface area contributed by atoms with Gasteiger partial charge in [-0.05, 0) is 42.2 Å². The van der Waals surface area contributed by atoms with E-state index in [4.69, 9.17) is 0 Å². The van der Waals surface area contributed by atoms with Crippen LogP contribution in [0.1, 0.15) is 70.9 Å². The van der Waals surface area contributed by atoms with Crippen molar-refractivity contribution >= 4 is 0 Å². The normalized spacial score (nSPS) is 19.0. The number of hydrogen-bond donors (Lipinski definition) is 1. The van der Waals surface area contributed by atoms with E-state index in [9.17, 15) is 0 Å². The molecule has 1 aliphatic rings. The number of benzene rings is 1. The van der Waals surface area contributed by atoms with Crippen LogP contribution in [0.4, 0.5) is 0 Å². The van der Waals surface area contributed by atoms with Crippen molar-refractivity contribution in [2.75, 3.05) is 0 Å². The Labute approximate surface area is 125 Å². The Balaban J connectivity index is 1.84. The molecule has 112 valence electrons. The third kappa shape index (κ3) is 4.34. The van der Waals surface area contributed by atoms with E-state index in [1.807, 2.05) is 0 Å². The van der Waals surface area contributed by atoms with Gasteiger partial charge in [0.05, 0.1) is 0 Å². The second-order valence-electron chi connectivity index (χ2n) is 7.51. The van der Waals surface area contributed by atoms with Crippen molar-refractivity contribution in [1.82, 2.24) is 5.32 Å². The maximum Gasteiger partial charge on any atom is 0.0208 e. The summed E-state index contributed by atoms with van der Waals surface area (Å²) < 4.78 is 0. The standard InChI is InChI=1S/C19H31N/c1-15(17-8-6-5-7-9-17)20-14-16-10-12-18(13-11-16)19(2,3)4/h10-13,15,17,20H,5-9,14H2,1-4H3/t15-/m0/s1. The van der Waals surface area contributed by atoms with Gasteiger partial charge in [-0.25, -0.2) is 0 Å². The minimum atomic E-state index is 0.251. The molecule has 1 nitrogen and oxygen atoms in total. The first kappa shape index (κ1) is 15.6. The molecule has 0 bridgehead atoms. The molecule has 0 saturated heterocycles. The van der Waals surface area contributed by atoms with E-state index in [1.165, 1.54) is 43.2 Å². The fourth-order valence-corrected chi connectivity index (χ4v) is 3.20. The monoisotopic (exact) mass is 273 g/mol. The molecule has 1 fully saturated rings. The Hall–Kier alpha value is -0.820. The lowest BCUT2D eigenvalue weighted by Gasteiger charge is -2.28. The Morgan fingerprint density at radius 3 is 2.20 bits per heavy atom. The lowest BCUT2D eigenvalue weighted by molar-refractivity contribution is 0.280. The van der Waals surface area contributed by atoms with Crippen molar-refractivity contribution in [2.24, 2.45) is 5.92 Å². The minimum absolute atomic E-state index is 0.251. The smallest absolute Gasteiger partial charge is 0.0208 e. The van der Waals surface area contributed by atoms with Crippen LogP contribution in [0.15, 0.2) is 24.3 Å². The molecule has 0 amide bonds. The first-order valence-corrected chi connectivity index (χ1v) is 8.29. The van der Waals surface area contributed by atoms with Gasteiger partial charge in [0.1, 0.15) is 0 Å². The second kappa shape index (κ2) is 6.76. The highest BCUT2D eigenvalue weighted by Crippen LogP contribution is 2.26. The summed E-state index contributed by atoms with van der Waals surface area (Å²) in [5.41, 5.74) is 3.07. The summed E-state index contributed by atoms with van der Waals surface area (Å²) in [6.07, 6.45) is 7.12. The highest BCUT2D eigenvalue weighted by molar-refractivity contribution is 5.27. The molecule has 0 aliphatic heterocycles. The summed E-state index contributed by atoms with van der Waals surface area (Å²) in [6, 6.07) is 9.77. The van der Waals surface area contributed by atoms with Gasteiger partial charge in [0.2, 0.25) is 0 Å². The molecule has 1 N–H and O–H groups in total. The van der Waals surface area contributed by atoms with Gasteiger partial charge >= 0.3 is 0 Å². The lowest BCUT2D eigenvalue weighted by Crippen LogP contribution is -2.34. The number of hydrogen-bond acceptors (Lipinski definition) is 1. The van der Waals surface area contributed by atoms with Crippen LogP contribution in [-0.2, 0) is 12.0 Å². The van der Waals surface area contributed by atoms with Crippen LogP contribution in [0.2, 0.25) is 0 Å². The van der Waals surface area contributed by atoms with Gasteiger partial charge in [0, 0.05) is 12.6 Å². The highest BCUT2D eigenvalue weighted by atomic mass is 14.9. The van der Waals surface area contributed by atoms with Crippen LogP contribution >= 0.6 is 0 Å². The molecule has 1 saturated carbocycles. The molecule has 0 aromatic heterocycles. The lowest BCUT2D eigenvalue weighted by atomic mass is 9.84. The maximum absolute atomic E-state index is 3.73. The molecule has 1 aliphatic carbocycles. The van der Waals surface area contributed by atoms with Gasteiger partial charge in [-0.1, -0.05) is 64.3 Å². The average molecular weight is 273 g/mol. The molecule has 0 unspecified atom stereocenters. The largest absolute Gasteiger partial charge is 0.310 e. The zero-order valence-corrected chi connectivity index (χ0v) is 13.7. The van der Waals surface area contributed by atoms with E-state index in [0.29, 0.717) is 6.04 Å². The van der Waals surface area contributed by atoms with E-state index in [0.717, 1.165) is 12.5 Å². The minimum Gasteiger partial charge on any atom is -0.310 e. The van der Waals surface area contributed by atoms with E-state index in [2.05, 4.69) is 57.3 Å². The molecule has 0 spiro atoms. The first-order chi connectivity index (χ1) is 9.47. The van der Waals surface area contributed by atoms with E-state index in [-0.39, 0.29) is 5.41 Å². The van der Waals surface area contributed by atoms with Crippen molar-refractivity contribution in [2.45, 2.75) is 77.8 Å². The van der Waals surface area contributed by atoms with Crippen molar-refractivity contribution in [3.63, 3.8) is 0 Å². The third-order valence-corrected chi connectivity index (χ3v) is 4.81. The van der Waals surface area contributed by atoms with E-state index >= 15 is 0 Å². The van der Waals surface area contributed by atoms with Crippen molar-refractivity contribution in [1.29, 1.82) is 0 Å². The van der Waals surface area contributed by atoms with E-state index in [1.54, 1.807) is 0 Å². The molecule has 2 rings (SSSR count). The fraction of sp³-hybridized carbons (Fsp3) is 0.684. The Morgan fingerprint density at radius 1 is 1.05 bits per heavy atom. The van der Waals surface area contributed by atoms with Gasteiger partial charge < -0.3 is 5.32 Å². The van der Waals surface area contributed by atoms with Crippen LogP contribution < -0.4 is 5.32 Å². The summed E-state index contributed by atoms with van der Waals surface area (Å²) >= 11 is 0. The molecular formula is C19H31N. The van der Waals surface area contributed by atoms with Crippen LogP contribution in [0, 0.1) is 5.92 Å². The zero-order chi connectivity index (χ0) is 14.6. The fourth-order valence-electron chi connectivity index (χ4n) is 3.20. The first-order valence-electron chi connectivity index (χ1n) is 8.29. The van der Waals surface area contributed by atoms with Crippen LogP contribution in [-0.4, -0.2) is 6.04 Å². The molecule has 0 radical (unpaired) electrons. The predicted octanol–water partition coefficient (Wildman–Crippen LogP) is 5.04. The van der Waals surface area contributed by atoms with E-state index < -0.39 is 0 Å². The Morgan fingerprint density at radius 2 is 1.65 bits per heavy atom. The number of rotatable bonds is 4. The molecule has 1 heteroatoms. The Bertz CT molecular complexity index is 393. The van der Waals surface area contributed by atoms with Crippen LogP contribution in [0.25, 0.3) is 0 Å². The quantitative estimate of drug-likeness (QED) is 0.810. The van der Waals surface area contributed by atoms with Crippen molar-refractivity contribution in [3.05, 3.63) is 35.4 Å². The zero-order valence-electron chi connectivity index (χ0n) is 13.7.